The van der Waals surface area contributed by atoms with Gasteiger partial charge in [-0.15, -0.1) is 0 Å². The molecule has 0 aromatic carbocycles. The number of piperidine rings is 1. The van der Waals surface area contributed by atoms with Crippen molar-refractivity contribution in [2.75, 3.05) is 13.2 Å². The minimum atomic E-state index is -0.469. The Labute approximate surface area is 146 Å². The number of hydrogen-bond acceptors (Lipinski definition) is 4. The lowest BCUT2D eigenvalue weighted by molar-refractivity contribution is -0.00997. The van der Waals surface area contributed by atoms with Gasteiger partial charge in [-0.25, -0.2) is 9.78 Å². The number of nitrogens with zero attached hydrogens (tertiary/aromatic N) is 2. The van der Waals surface area contributed by atoms with E-state index >= 15 is 0 Å². The summed E-state index contributed by atoms with van der Waals surface area (Å²) < 4.78 is 12.1. The Morgan fingerprint density at radius 1 is 1.43 bits per heavy atom. The zero-order chi connectivity index (χ0) is 16.9. The molecule has 5 nitrogen and oxygen atoms in total. The Hall–Kier alpha value is -1.14. The van der Waals surface area contributed by atoms with Crippen molar-refractivity contribution in [1.29, 1.82) is 0 Å². The molecule has 0 aliphatic carbocycles. The molecule has 1 aliphatic heterocycles. The second-order valence-corrected chi connectivity index (χ2v) is 7.64. The highest BCUT2D eigenvalue weighted by Crippen LogP contribution is 2.21. The highest BCUT2D eigenvalue weighted by atomic mass is 79.9. The van der Waals surface area contributed by atoms with Gasteiger partial charge in [-0.1, -0.05) is 0 Å². The van der Waals surface area contributed by atoms with Crippen LogP contribution < -0.4 is 0 Å². The first-order valence-corrected chi connectivity index (χ1v) is 8.82. The molecule has 2 rings (SSSR count). The highest BCUT2D eigenvalue weighted by Gasteiger charge is 2.30. The van der Waals surface area contributed by atoms with Gasteiger partial charge in [0.1, 0.15) is 10.2 Å². The van der Waals surface area contributed by atoms with Gasteiger partial charge < -0.3 is 14.4 Å². The second-order valence-electron chi connectivity index (χ2n) is 6.83. The van der Waals surface area contributed by atoms with Crippen LogP contribution in [0.25, 0.3) is 0 Å². The average molecular weight is 385 g/mol. The van der Waals surface area contributed by atoms with Gasteiger partial charge in [0.05, 0.1) is 19.3 Å². The Morgan fingerprint density at radius 3 is 2.91 bits per heavy atom. The molecular formula is C17H25BrN2O3. The molecule has 1 aromatic rings. The van der Waals surface area contributed by atoms with Crippen LogP contribution >= 0.6 is 15.9 Å². The summed E-state index contributed by atoms with van der Waals surface area (Å²) in [5.41, 5.74) is 0.593. The first-order valence-electron chi connectivity index (χ1n) is 8.03. The molecule has 1 amide bonds. The van der Waals surface area contributed by atoms with Crippen molar-refractivity contribution in [1.82, 2.24) is 9.88 Å². The van der Waals surface area contributed by atoms with Gasteiger partial charge in [0.2, 0.25) is 0 Å². The van der Waals surface area contributed by atoms with Crippen LogP contribution in [0.5, 0.6) is 0 Å². The number of amides is 1. The summed E-state index contributed by atoms with van der Waals surface area (Å²) in [5, 5.41) is 0. The molecule has 6 heteroatoms. The average Bonchev–Trinajstić information content (AvgIpc) is 2.46. The smallest absolute Gasteiger partial charge is 0.410 e. The Morgan fingerprint density at radius 2 is 2.22 bits per heavy atom. The molecule has 1 atom stereocenters. The molecule has 128 valence electrons. The van der Waals surface area contributed by atoms with E-state index in [1.54, 1.807) is 6.20 Å². The van der Waals surface area contributed by atoms with Gasteiger partial charge in [0.15, 0.2) is 0 Å². The predicted molar refractivity (Wildman–Crippen MR) is 92.2 cm³/mol. The van der Waals surface area contributed by atoms with Crippen LogP contribution in [0.2, 0.25) is 0 Å². The van der Waals surface area contributed by atoms with Crippen molar-refractivity contribution >= 4 is 22.0 Å². The number of aromatic nitrogens is 1. The quantitative estimate of drug-likeness (QED) is 0.731. The third-order valence-electron chi connectivity index (χ3n) is 3.63. The molecule has 1 aromatic heterocycles. The van der Waals surface area contributed by atoms with Gasteiger partial charge in [-0.3, -0.25) is 0 Å². The number of carbonyl (C=O) groups excluding carboxylic acids is 1. The zero-order valence-electron chi connectivity index (χ0n) is 14.0. The van der Waals surface area contributed by atoms with Gasteiger partial charge >= 0.3 is 6.09 Å². The fourth-order valence-corrected chi connectivity index (χ4v) is 2.99. The summed E-state index contributed by atoms with van der Waals surface area (Å²) in [7, 11) is 0. The van der Waals surface area contributed by atoms with Crippen molar-refractivity contribution in [3.8, 4) is 0 Å². The standard InChI is InChI=1S/C17H25BrN2O3/c1-17(2,3)23-16(21)20-9-5-4-6-14(20)12-22-11-13-7-8-19-15(18)10-13/h7-8,10,14H,4-6,9,11-12H2,1-3H3/t14-/m1/s1. The first kappa shape index (κ1) is 18.2. The Kier molecular flexibility index (Phi) is 6.41. The number of pyridine rings is 1. The minimum Gasteiger partial charge on any atom is -0.444 e. The summed E-state index contributed by atoms with van der Waals surface area (Å²) in [6, 6.07) is 3.95. The van der Waals surface area contributed by atoms with Crippen molar-refractivity contribution in [3.05, 3.63) is 28.5 Å². The second kappa shape index (κ2) is 8.11. The minimum absolute atomic E-state index is 0.0869. The Bertz CT molecular complexity index is 531. The van der Waals surface area contributed by atoms with E-state index in [4.69, 9.17) is 9.47 Å². The third-order valence-corrected chi connectivity index (χ3v) is 4.06. The Balaban J connectivity index is 1.87. The lowest BCUT2D eigenvalue weighted by atomic mass is 10.0. The topological polar surface area (TPSA) is 51.7 Å². The van der Waals surface area contributed by atoms with Crippen LogP contribution in [0, 0.1) is 0 Å². The van der Waals surface area contributed by atoms with E-state index in [0.717, 1.165) is 36.0 Å². The molecule has 0 bridgehead atoms. The lowest BCUT2D eigenvalue weighted by Crippen LogP contribution is -2.48. The van der Waals surface area contributed by atoms with E-state index in [2.05, 4.69) is 20.9 Å². The van der Waals surface area contributed by atoms with E-state index < -0.39 is 5.60 Å². The SMILES string of the molecule is CC(C)(C)OC(=O)N1CCCC[C@@H]1COCc1ccnc(Br)c1. The number of halogens is 1. The van der Waals surface area contributed by atoms with Gasteiger partial charge in [-0.05, 0) is 73.7 Å². The van der Waals surface area contributed by atoms with Gasteiger partial charge in [0, 0.05) is 12.7 Å². The van der Waals surface area contributed by atoms with Crippen molar-refractivity contribution in [2.24, 2.45) is 0 Å². The summed E-state index contributed by atoms with van der Waals surface area (Å²) in [6.07, 6.45) is 4.61. The molecule has 23 heavy (non-hydrogen) atoms. The lowest BCUT2D eigenvalue weighted by Gasteiger charge is -2.36. The molecular weight excluding hydrogens is 360 g/mol. The van der Waals surface area contributed by atoms with E-state index in [1.807, 2.05) is 37.8 Å². The number of rotatable bonds is 4. The van der Waals surface area contributed by atoms with Crippen LogP contribution in [0.3, 0.4) is 0 Å². The van der Waals surface area contributed by atoms with Crippen LogP contribution in [-0.2, 0) is 16.1 Å². The van der Waals surface area contributed by atoms with Gasteiger partial charge in [0.25, 0.3) is 0 Å². The number of ether oxygens (including phenoxy) is 2. The fourth-order valence-electron chi connectivity index (χ4n) is 2.58. The maximum absolute atomic E-state index is 12.3. The first-order chi connectivity index (χ1) is 10.8. The monoisotopic (exact) mass is 384 g/mol. The molecule has 0 saturated carbocycles. The van der Waals surface area contributed by atoms with Crippen LogP contribution in [0.4, 0.5) is 4.79 Å². The van der Waals surface area contributed by atoms with Crippen LogP contribution in [0.15, 0.2) is 22.9 Å². The number of carbonyl (C=O) groups is 1. The summed E-state index contributed by atoms with van der Waals surface area (Å²) >= 11 is 3.35. The third kappa shape index (κ3) is 6.11. The van der Waals surface area contributed by atoms with Crippen LogP contribution in [-0.4, -0.2) is 40.8 Å². The summed E-state index contributed by atoms with van der Waals surface area (Å²) in [4.78, 5) is 18.3. The van der Waals surface area contributed by atoms with Gasteiger partial charge in [-0.2, -0.15) is 0 Å². The largest absolute Gasteiger partial charge is 0.444 e. The van der Waals surface area contributed by atoms with Crippen LogP contribution in [0.1, 0.15) is 45.6 Å². The van der Waals surface area contributed by atoms with E-state index in [9.17, 15) is 4.79 Å². The normalized spacial score (nSPS) is 18.8. The summed E-state index contributed by atoms with van der Waals surface area (Å²) in [6.45, 7) is 7.45. The van der Waals surface area contributed by atoms with Crippen molar-refractivity contribution in [3.63, 3.8) is 0 Å². The van der Waals surface area contributed by atoms with Crippen molar-refractivity contribution < 1.29 is 14.3 Å². The van der Waals surface area contributed by atoms with E-state index in [1.165, 1.54) is 0 Å². The van der Waals surface area contributed by atoms with Crippen molar-refractivity contribution in [2.45, 2.75) is 58.3 Å². The molecule has 0 N–H and O–H groups in total. The highest BCUT2D eigenvalue weighted by molar-refractivity contribution is 9.10. The maximum atomic E-state index is 12.3. The maximum Gasteiger partial charge on any atom is 0.410 e. The molecule has 2 heterocycles. The molecule has 1 fully saturated rings. The molecule has 1 aliphatic rings. The zero-order valence-corrected chi connectivity index (χ0v) is 15.6. The predicted octanol–water partition coefficient (Wildman–Crippen LogP) is 4.15. The molecule has 0 unspecified atom stereocenters. The van der Waals surface area contributed by atoms with E-state index in [0.29, 0.717) is 13.2 Å². The summed E-state index contributed by atoms with van der Waals surface area (Å²) in [5.74, 6) is 0. The fraction of sp³-hybridized carbons (Fsp3) is 0.647. The molecule has 0 spiro atoms. The number of likely N-dealkylation sites (tertiary alicyclic amines) is 1. The molecule has 0 radical (unpaired) electrons. The van der Waals surface area contributed by atoms with E-state index in [-0.39, 0.29) is 12.1 Å². The molecule has 1 saturated heterocycles. The number of hydrogen-bond donors (Lipinski definition) is 0.